The van der Waals surface area contributed by atoms with E-state index in [4.69, 9.17) is 20.8 Å². The first-order valence-electron chi connectivity index (χ1n) is 2.01. The predicted octanol–water partition coefficient (Wildman–Crippen LogP) is -1.72. The van der Waals surface area contributed by atoms with Gasteiger partial charge in [-0.25, -0.2) is 0 Å². The van der Waals surface area contributed by atoms with E-state index < -0.39 is 11.3 Å². The molecule has 8 heavy (non-hydrogen) atoms. The highest BCUT2D eigenvalue weighted by atomic mass is 16.4. The van der Waals surface area contributed by atoms with Crippen LogP contribution in [0.15, 0.2) is 0 Å². The molecule has 0 fully saturated rings. The zero-order valence-electron chi connectivity index (χ0n) is 4.51. The Kier molecular flexibility index (Phi) is 2.10. The van der Waals surface area contributed by atoms with Crippen molar-refractivity contribution in [1.82, 2.24) is 5.32 Å². The predicted molar refractivity (Wildman–Crippen MR) is 30.9 cm³/mol. The normalized spacial score (nSPS) is 11.1. The van der Waals surface area contributed by atoms with E-state index in [9.17, 15) is 4.79 Å². The second kappa shape index (κ2) is 2.22. The van der Waals surface area contributed by atoms with E-state index >= 15 is 0 Å². The second-order valence-corrected chi connectivity index (χ2v) is 1.42. The van der Waals surface area contributed by atoms with Gasteiger partial charge in [0.25, 0.3) is 0 Å². The molecular weight excluding hydrogens is 104 g/mol. The SMILES string of the molecule is [B]C([B])(NC)C(=O)O. The third-order valence-electron chi connectivity index (χ3n) is 0.768. The van der Waals surface area contributed by atoms with E-state index in [1.165, 1.54) is 7.05 Å². The minimum Gasteiger partial charge on any atom is -0.481 e. The molecule has 0 aromatic heterocycles. The number of carbonyl (C=O) groups is 1. The number of rotatable bonds is 2. The first-order valence-corrected chi connectivity index (χ1v) is 2.01. The van der Waals surface area contributed by atoms with Gasteiger partial charge in [-0.2, -0.15) is 0 Å². The van der Waals surface area contributed by atoms with Crippen molar-refractivity contribution in [3.05, 3.63) is 0 Å². The van der Waals surface area contributed by atoms with Gasteiger partial charge in [-0.05, 0) is 7.05 Å². The molecule has 40 valence electrons. The van der Waals surface area contributed by atoms with Crippen LogP contribution in [0.3, 0.4) is 0 Å². The number of carboxylic acid groups (broad SMARTS) is 1. The lowest BCUT2D eigenvalue weighted by Crippen LogP contribution is -2.51. The molecule has 4 radical (unpaired) electrons. The molecule has 0 spiro atoms. The summed E-state index contributed by atoms with van der Waals surface area (Å²) in [6, 6.07) is 0. The van der Waals surface area contributed by atoms with Crippen LogP contribution < -0.4 is 5.32 Å². The highest BCUT2D eigenvalue weighted by Crippen LogP contribution is 1.87. The average Bonchev–Trinajstić information content (AvgIpc) is 1.67. The maximum absolute atomic E-state index is 9.94. The van der Waals surface area contributed by atoms with Crippen LogP contribution in [0.4, 0.5) is 0 Å². The van der Waals surface area contributed by atoms with Gasteiger partial charge in [0.15, 0.2) is 0 Å². The van der Waals surface area contributed by atoms with Crippen molar-refractivity contribution >= 4 is 21.7 Å². The first kappa shape index (κ1) is 7.56. The molecule has 0 aromatic carbocycles. The molecule has 0 bridgehead atoms. The maximum Gasteiger partial charge on any atom is 0.305 e. The summed E-state index contributed by atoms with van der Waals surface area (Å²) in [4.78, 5) is 9.94. The summed E-state index contributed by atoms with van der Waals surface area (Å²) in [5.74, 6) is -1.28. The highest BCUT2D eigenvalue weighted by molar-refractivity contribution is 6.50. The summed E-state index contributed by atoms with van der Waals surface area (Å²) in [6.45, 7) is 0. The molecule has 3 nitrogen and oxygen atoms in total. The number of hydrogen-bond donors (Lipinski definition) is 2. The molecule has 0 saturated heterocycles. The van der Waals surface area contributed by atoms with Crippen LogP contribution in [0, 0.1) is 0 Å². The Balaban J connectivity index is 3.91. The molecule has 5 heteroatoms. The van der Waals surface area contributed by atoms with Crippen molar-refractivity contribution in [3.63, 3.8) is 0 Å². The number of likely N-dealkylation sites (N-methyl/N-ethyl adjacent to an activating group) is 1. The van der Waals surface area contributed by atoms with Crippen molar-refractivity contribution in [2.45, 2.75) is 5.34 Å². The zero-order valence-corrected chi connectivity index (χ0v) is 4.51. The van der Waals surface area contributed by atoms with E-state index in [0.717, 1.165) is 0 Å². The van der Waals surface area contributed by atoms with Gasteiger partial charge >= 0.3 is 5.97 Å². The zero-order chi connectivity index (χ0) is 6.78. The van der Waals surface area contributed by atoms with Crippen LogP contribution in [-0.4, -0.2) is 39.2 Å². The summed E-state index contributed by atoms with van der Waals surface area (Å²) < 4.78 is 0. The quantitative estimate of drug-likeness (QED) is 0.414. The molecule has 0 aliphatic rings. The Labute approximate surface area is 50.3 Å². The van der Waals surface area contributed by atoms with Gasteiger partial charge in [0.05, 0.1) is 15.7 Å². The Morgan fingerprint density at radius 2 is 2.12 bits per heavy atom. The van der Waals surface area contributed by atoms with E-state index in [1.54, 1.807) is 0 Å². The maximum atomic E-state index is 9.94. The molecule has 0 aromatic rings. The van der Waals surface area contributed by atoms with Crippen molar-refractivity contribution in [3.8, 4) is 0 Å². The molecule has 0 amide bonds. The van der Waals surface area contributed by atoms with Crippen molar-refractivity contribution in [2.24, 2.45) is 0 Å². The standard InChI is InChI=1S/C3H5B2NO2/c1-6-3(4,5)2(7)8/h6H,1H3,(H,7,8). The number of nitrogens with one attached hydrogen (secondary N) is 1. The second-order valence-electron chi connectivity index (χ2n) is 1.42. The molecule has 0 aliphatic carbocycles. The largest absolute Gasteiger partial charge is 0.481 e. The Bertz CT molecular complexity index is 103. The minimum absolute atomic E-state index is 1.28. The lowest BCUT2D eigenvalue weighted by Gasteiger charge is -2.17. The van der Waals surface area contributed by atoms with Crippen molar-refractivity contribution < 1.29 is 9.90 Å². The van der Waals surface area contributed by atoms with Crippen LogP contribution in [0.5, 0.6) is 0 Å². The van der Waals surface area contributed by atoms with E-state index in [-0.39, 0.29) is 0 Å². The number of carboxylic acids is 1. The fourth-order valence-electron chi connectivity index (χ4n) is 0.107. The fourth-order valence-corrected chi connectivity index (χ4v) is 0.107. The third-order valence-corrected chi connectivity index (χ3v) is 0.768. The smallest absolute Gasteiger partial charge is 0.305 e. The number of hydrogen-bond acceptors (Lipinski definition) is 2. The van der Waals surface area contributed by atoms with Crippen LogP contribution in [0.1, 0.15) is 0 Å². The van der Waals surface area contributed by atoms with Crippen molar-refractivity contribution in [2.75, 3.05) is 7.05 Å². The summed E-state index contributed by atoms with van der Waals surface area (Å²) >= 11 is 0. The van der Waals surface area contributed by atoms with Crippen molar-refractivity contribution in [1.29, 1.82) is 0 Å². The van der Waals surface area contributed by atoms with E-state index in [2.05, 4.69) is 5.32 Å². The van der Waals surface area contributed by atoms with Crippen LogP contribution in [-0.2, 0) is 4.79 Å². The van der Waals surface area contributed by atoms with E-state index in [0.29, 0.717) is 0 Å². The van der Waals surface area contributed by atoms with Gasteiger partial charge < -0.3 is 10.4 Å². The van der Waals surface area contributed by atoms with Gasteiger partial charge in [-0.15, -0.1) is 0 Å². The Hall–Kier alpha value is -0.440. The molecule has 0 atom stereocenters. The number of aliphatic carboxylic acids is 1. The Morgan fingerprint density at radius 3 is 2.12 bits per heavy atom. The fraction of sp³-hybridized carbons (Fsp3) is 0.667. The minimum atomic E-state index is -1.79. The molecule has 0 aliphatic heterocycles. The molecular formula is C3H5B2NO2. The summed E-state index contributed by atoms with van der Waals surface area (Å²) in [7, 11) is 11.2. The molecule has 0 heterocycles. The van der Waals surface area contributed by atoms with E-state index in [1.807, 2.05) is 0 Å². The monoisotopic (exact) mass is 109 g/mol. The lowest BCUT2D eigenvalue weighted by atomic mass is 9.62. The summed E-state index contributed by atoms with van der Waals surface area (Å²) in [5, 5.41) is 8.53. The molecule has 2 N–H and O–H groups in total. The van der Waals surface area contributed by atoms with Crippen LogP contribution >= 0.6 is 0 Å². The van der Waals surface area contributed by atoms with Gasteiger partial charge in [0.2, 0.25) is 0 Å². The molecule has 0 saturated carbocycles. The summed E-state index contributed by atoms with van der Waals surface area (Å²) in [5.41, 5.74) is 0. The first-order chi connectivity index (χ1) is 3.50. The van der Waals surface area contributed by atoms with Crippen LogP contribution in [0.25, 0.3) is 0 Å². The topological polar surface area (TPSA) is 49.3 Å². The van der Waals surface area contributed by atoms with Gasteiger partial charge in [-0.1, -0.05) is 0 Å². The Morgan fingerprint density at radius 1 is 1.75 bits per heavy atom. The summed E-state index contributed by atoms with van der Waals surface area (Å²) in [6.07, 6.45) is 0. The van der Waals surface area contributed by atoms with Gasteiger partial charge in [0, 0.05) is 5.34 Å². The lowest BCUT2D eigenvalue weighted by molar-refractivity contribution is -0.138. The average molecular weight is 109 g/mol. The third kappa shape index (κ3) is 1.58. The molecule has 0 unspecified atom stereocenters. The highest BCUT2D eigenvalue weighted by Gasteiger charge is 2.21. The van der Waals surface area contributed by atoms with Crippen LogP contribution in [0.2, 0.25) is 0 Å². The van der Waals surface area contributed by atoms with Gasteiger partial charge in [0.1, 0.15) is 0 Å². The molecule has 0 rings (SSSR count). The van der Waals surface area contributed by atoms with Gasteiger partial charge in [-0.3, -0.25) is 4.79 Å².